The SMILES string of the molecule is CCCCCCC/C=C\C/C=C\C/C=C\CCCCCCCCCOCC(COP(=O)(O)OCC(O)CO)OC(=O)CCCCCCCCCCC/C=C\CCCCCCCCCC. The maximum atomic E-state index is 12.7. The van der Waals surface area contributed by atoms with Crippen molar-refractivity contribution in [3.8, 4) is 0 Å². The Morgan fingerprint density at radius 1 is 0.484 bits per heavy atom. The number of unbranched alkanes of at least 4 members (excludes halogenated alkanes) is 29. The highest BCUT2D eigenvalue weighted by atomic mass is 31.2. The average molecular weight is 925 g/mol. The molecular formula is C54H101O9P. The zero-order chi connectivity index (χ0) is 46.7. The number of aliphatic hydroxyl groups is 2. The first-order chi connectivity index (χ1) is 31.3. The second kappa shape index (κ2) is 50.8. The summed E-state index contributed by atoms with van der Waals surface area (Å²) in [6.45, 7) is 3.51. The van der Waals surface area contributed by atoms with Gasteiger partial charge in [-0.2, -0.15) is 0 Å². The van der Waals surface area contributed by atoms with Crippen LogP contribution in [0.2, 0.25) is 0 Å². The predicted octanol–water partition coefficient (Wildman–Crippen LogP) is 15.7. The Morgan fingerprint density at radius 3 is 1.28 bits per heavy atom. The number of rotatable bonds is 51. The van der Waals surface area contributed by atoms with Crippen molar-refractivity contribution in [3.63, 3.8) is 0 Å². The van der Waals surface area contributed by atoms with E-state index < -0.39 is 33.2 Å². The zero-order valence-electron chi connectivity index (χ0n) is 41.5. The van der Waals surface area contributed by atoms with Crippen LogP contribution < -0.4 is 0 Å². The number of phosphoric ester groups is 1. The average Bonchev–Trinajstić information content (AvgIpc) is 3.29. The lowest BCUT2D eigenvalue weighted by atomic mass is 10.1. The van der Waals surface area contributed by atoms with Gasteiger partial charge in [0.25, 0.3) is 0 Å². The van der Waals surface area contributed by atoms with Gasteiger partial charge in [-0.25, -0.2) is 4.57 Å². The number of aliphatic hydroxyl groups excluding tert-OH is 2. The van der Waals surface area contributed by atoms with Crippen molar-refractivity contribution < 1.29 is 43.0 Å². The van der Waals surface area contributed by atoms with Crippen molar-refractivity contribution in [3.05, 3.63) is 48.6 Å². The Kier molecular flexibility index (Phi) is 49.6. The summed E-state index contributed by atoms with van der Waals surface area (Å²) in [4.78, 5) is 22.7. The number of carbonyl (C=O) groups excluding carboxylic acids is 1. The predicted molar refractivity (Wildman–Crippen MR) is 270 cm³/mol. The number of ether oxygens (including phenoxy) is 2. The lowest BCUT2D eigenvalue weighted by Gasteiger charge is -2.20. The first kappa shape index (κ1) is 62.4. The highest BCUT2D eigenvalue weighted by Gasteiger charge is 2.26. The number of carbonyl (C=O) groups is 1. The van der Waals surface area contributed by atoms with Crippen LogP contribution in [0.4, 0.5) is 0 Å². The molecule has 0 rings (SSSR count). The third-order valence-corrected chi connectivity index (χ3v) is 12.4. The summed E-state index contributed by atoms with van der Waals surface area (Å²) < 4.78 is 33.6. The van der Waals surface area contributed by atoms with Crippen LogP contribution in [-0.4, -0.2) is 66.3 Å². The number of esters is 1. The minimum atomic E-state index is -4.53. The second-order valence-corrected chi connectivity index (χ2v) is 19.3. The molecule has 0 saturated carbocycles. The molecule has 0 aromatic heterocycles. The number of phosphoric acid groups is 1. The van der Waals surface area contributed by atoms with E-state index in [0.717, 1.165) is 57.8 Å². The van der Waals surface area contributed by atoms with E-state index in [9.17, 15) is 19.4 Å². The quantitative estimate of drug-likeness (QED) is 0.0236. The molecule has 9 nitrogen and oxygen atoms in total. The van der Waals surface area contributed by atoms with Gasteiger partial charge in [0.05, 0.1) is 26.4 Å². The Morgan fingerprint density at radius 2 is 0.844 bits per heavy atom. The third-order valence-electron chi connectivity index (χ3n) is 11.5. The monoisotopic (exact) mass is 925 g/mol. The normalized spacial score (nSPS) is 14.1. The third kappa shape index (κ3) is 49.8. The van der Waals surface area contributed by atoms with E-state index in [0.29, 0.717) is 6.61 Å². The van der Waals surface area contributed by atoms with Gasteiger partial charge in [0.2, 0.25) is 0 Å². The number of hydrogen-bond donors (Lipinski definition) is 3. The summed E-state index contributed by atoms with van der Waals surface area (Å²) in [5.74, 6) is -0.386. The molecule has 0 aliphatic carbocycles. The lowest BCUT2D eigenvalue weighted by Crippen LogP contribution is -2.29. The van der Waals surface area contributed by atoms with Crippen LogP contribution in [0.1, 0.15) is 245 Å². The smallest absolute Gasteiger partial charge is 0.457 e. The van der Waals surface area contributed by atoms with Crippen LogP contribution in [0.25, 0.3) is 0 Å². The Hall–Kier alpha value is -1.58. The Balaban J connectivity index is 4.09. The molecule has 10 heteroatoms. The van der Waals surface area contributed by atoms with E-state index in [4.69, 9.17) is 23.6 Å². The maximum absolute atomic E-state index is 12.7. The van der Waals surface area contributed by atoms with Crippen LogP contribution in [0.5, 0.6) is 0 Å². The van der Waals surface area contributed by atoms with E-state index in [-0.39, 0.29) is 25.6 Å². The minimum Gasteiger partial charge on any atom is -0.457 e. The molecule has 3 N–H and O–H groups in total. The largest absolute Gasteiger partial charge is 0.472 e. The summed E-state index contributed by atoms with van der Waals surface area (Å²) >= 11 is 0. The summed E-state index contributed by atoms with van der Waals surface area (Å²) in [5, 5.41) is 18.4. The van der Waals surface area contributed by atoms with E-state index in [1.54, 1.807) is 0 Å². The lowest BCUT2D eigenvalue weighted by molar-refractivity contribution is -0.154. The van der Waals surface area contributed by atoms with Gasteiger partial charge in [-0.05, 0) is 77.0 Å². The molecule has 0 aromatic rings. The van der Waals surface area contributed by atoms with Crippen molar-refractivity contribution >= 4 is 13.8 Å². The zero-order valence-corrected chi connectivity index (χ0v) is 42.4. The Labute approximate surface area is 394 Å². The van der Waals surface area contributed by atoms with Crippen LogP contribution >= 0.6 is 7.82 Å². The Bertz CT molecular complexity index is 1140. The van der Waals surface area contributed by atoms with Crippen molar-refractivity contribution in [1.82, 2.24) is 0 Å². The molecule has 3 unspecified atom stereocenters. The topological polar surface area (TPSA) is 132 Å². The molecule has 64 heavy (non-hydrogen) atoms. The molecule has 0 aromatic carbocycles. The van der Waals surface area contributed by atoms with E-state index in [1.165, 1.54) is 167 Å². The molecule has 0 bridgehead atoms. The van der Waals surface area contributed by atoms with Crippen LogP contribution in [0.15, 0.2) is 48.6 Å². The van der Waals surface area contributed by atoms with Crippen LogP contribution in [0.3, 0.4) is 0 Å². The number of hydrogen-bond acceptors (Lipinski definition) is 8. The fourth-order valence-corrected chi connectivity index (χ4v) is 8.21. The van der Waals surface area contributed by atoms with E-state index in [2.05, 4.69) is 62.5 Å². The van der Waals surface area contributed by atoms with Crippen LogP contribution in [0, 0.1) is 0 Å². The van der Waals surface area contributed by atoms with Gasteiger partial charge in [-0.15, -0.1) is 0 Å². The summed E-state index contributed by atoms with van der Waals surface area (Å²) in [6.07, 6.45) is 59.3. The molecule has 0 amide bonds. The molecule has 0 radical (unpaired) electrons. The van der Waals surface area contributed by atoms with Crippen molar-refractivity contribution in [2.45, 2.75) is 257 Å². The molecule has 0 heterocycles. The van der Waals surface area contributed by atoms with Gasteiger partial charge in [-0.3, -0.25) is 13.8 Å². The molecule has 0 saturated heterocycles. The van der Waals surface area contributed by atoms with Crippen molar-refractivity contribution in [2.75, 3.05) is 33.0 Å². The van der Waals surface area contributed by atoms with E-state index in [1.807, 2.05) is 0 Å². The summed E-state index contributed by atoms with van der Waals surface area (Å²) in [5.41, 5.74) is 0. The van der Waals surface area contributed by atoms with Gasteiger partial charge in [-0.1, -0.05) is 210 Å². The molecule has 3 atom stereocenters. The molecule has 0 spiro atoms. The fourth-order valence-electron chi connectivity index (χ4n) is 7.42. The molecule has 376 valence electrons. The van der Waals surface area contributed by atoms with Gasteiger partial charge in [0, 0.05) is 13.0 Å². The molecular weight excluding hydrogens is 824 g/mol. The minimum absolute atomic E-state index is 0.0419. The first-order valence-corrected chi connectivity index (χ1v) is 28.1. The van der Waals surface area contributed by atoms with E-state index >= 15 is 0 Å². The molecule has 0 aliphatic rings. The van der Waals surface area contributed by atoms with Gasteiger partial charge in [0.1, 0.15) is 12.2 Å². The molecule has 0 fully saturated rings. The van der Waals surface area contributed by atoms with Gasteiger partial charge >= 0.3 is 13.8 Å². The van der Waals surface area contributed by atoms with Crippen molar-refractivity contribution in [1.29, 1.82) is 0 Å². The van der Waals surface area contributed by atoms with Crippen LogP contribution in [-0.2, 0) is 27.9 Å². The first-order valence-electron chi connectivity index (χ1n) is 26.6. The highest BCUT2D eigenvalue weighted by molar-refractivity contribution is 7.47. The maximum Gasteiger partial charge on any atom is 0.472 e. The standard InChI is InChI=1S/C54H101O9P/c1-3-5-7-9-11-13-15-17-19-21-23-25-27-29-31-33-35-37-39-41-43-45-47-60-50-53(51-62-64(58,59)61-49-52(56)48-55)63-54(57)46-44-42-40-38-36-34-32-30-28-26-24-22-20-18-16-14-12-10-8-6-4-2/h15,17,21-24,27,29,52-53,55-56H,3-14,16,18-20,25-26,28,30-51H2,1-2H3,(H,58,59)/b17-15-,23-21-,24-22-,29-27-. The fraction of sp³-hybridized carbons (Fsp3) is 0.833. The van der Waals surface area contributed by atoms with Gasteiger partial charge < -0.3 is 24.6 Å². The van der Waals surface area contributed by atoms with Crippen molar-refractivity contribution in [2.24, 2.45) is 0 Å². The summed E-state index contributed by atoms with van der Waals surface area (Å²) in [7, 11) is -4.53. The highest BCUT2D eigenvalue weighted by Crippen LogP contribution is 2.43. The second-order valence-electron chi connectivity index (χ2n) is 17.9. The number of allylic oxidation sites excluding steroid dienone is 8. The molecule has 0 aliphatic heterocycles. The summed E-state index contributed by atoms with van der Waals surface area (Å²) in [6, 6.07) is 0. The van der Waals surface area contributed by atoms with Gasteiger partial charge in [0.15, 0.2) is 0 Å².